The van der Waals surface area contributed by atoms with E-state index in [1.807, 2.05) is 66.1 Å². The van der Waals surface area contributed by atoms with E-state index in [1.54, 1.807) is 18.2 Å². The Hall–Kier alpha value is -4.31. The number of rotatable bonds is 8. The van der Waals surface area contributed by atoms with Crippen molar-refractivity contribution in [3.8, 4) is 17.1 Å². The molecule has 4 aromatic rings. The third-order valence-electron chi connectivity index (χ3n) is 4.82. The van der Waals surface area contributed by atoms with Crippen LogP contribution in [0.1, 0.15) is 11.1 Å². The summed E-state index contributed by atoms with van der Waals surface area (Å²) in [5.41, 5.74) is 5.54. The van der Waals surface area contributed by atoms with Crippen molar-refractivity contribution in [1.29, 1.82) is 0 Å². The van der Waals surface area contributed by atoms with E-state index >= 15 is 0 Å². The Labute approximate surface area is 199 Å². The molecule has 0 fully saturated rings. The minimum Gasteiger partial charge on any atom is -0.272 e. The summed E-state index contributed by atoms with van der Waals surface area (Å²) in [4.78, 5) is 22.9. The molecule has 0 radical (unpaired) electrons. The van der Waals surface area contributed by atoms with Crippen LogP contribution in [0.25, 0.3) is 17.1 Å². The van der Waals surface area contributed by atoms with Crippen LogP contribution in [0.2, 0.25) is 0 Å². The monoisotopic (exact) mass is 472 g/mol. The van der Waals surface area contributed by atoms with E-state index in [2.05, 4.69) is 20.7 Å². The van der Waals surface area contributed by atoms with E-state index in [1.165, 1.54) is 24.0 Å². The van der Waals surface area contributed by atoms with Crippen LogP contribution in [0.3, 0.4) is 0 Å². The molecule has 0 bridgehead atoms. The highest BCUT2D eigenvalue weighted by Crippen LogP contribution is 2.28. The lowest BCUT2D eigenvalue weighted by atomic mass is 10.1. The molecule has 0 unspecified atom stereocenters. The normalized spacial score (nSPS) is 11.0. The summed E-state index contributed by atoms with van der Waals surface area (Å²) in [5.74, 6) is 0.329. The molecule has 9 nitrogen and oxygen atoms in total. The van der Waals surface area contributed by atoms with E-state index in [0.717, 1.165) is 16.8 Å². The first kappa shape index (κ1) is 22.9. The molecule has 0 saturated carbocycles. The number of carbonyl (C=O) groups is 1. The molecule has 1 amide bonds. The van der Waals surface area contributed by atoms with Crippen LogP contribution in [0.15, 0.2) is 89.1 Å². The Morgan fingerprint density at radius 1 is 1.06 bits per heavy atom. The first-order chi connectivity index (χ1) is 16.5. The molecule has 170 valence electrons. The third kappa shape index (κ3) is 5.36. The van der Waals surface area contributed by atoms with Gasteiger partial charge in [0, 0.05) is 17.3 Å². The standard InChI is InChI=1S/C24H20N6O3S/c1-17-11-13-18(14-12-17)23-27-28-24(29(23)20-8-3-2-4-9-20)34-16-22(31)26-25-15-19-7-5-6-10-21(19)30(32)33/h2-15H,16H2,1H3,(H,26,31)/b25-15-. The lowest BCUT2D eigenvalue weighted by Crippen LogP contribution is -2.20. The highest BCUT2D eigenvalue weighted by Gasteiger charge is 2.17. The summed E-state index contributed by atoms with van der Waals surface area (Å²) in [6, 6.07) is 23.8. The second-order valence-corrected chi connectivity index (χ2v) is 8.18. The average molecular weight is 473 g/mol. The SMILES string of the molecule is Cc1ccc(-c2nnc(SCC(=O)N/N=C\c3ccccc3[N+](=O)[O-])n2-c2ccccc2)cc1. The molecule has 34 heavy (non-hydrogen) atoms. The predicted molar refractivity (Wildman–Crippen MR) is 131 cm³/mol. The molecule has 1 aromatic heterocycles. The Kier molecular flexibility index (Phi) is 7.09. The molecule has 1 N–H and O–H groups in total. The molecule has 4 rings (SSSR count). The zero-order valence-electron chi connectivity index (χ0n) is 18.2. The van der Waals surface area contributed by atoms with Gasteiger partial charge in [0.25, 0.3) is 11.6 Å². The van der Waals surface area contributed by atoms with Gasteiger partial charge < -0.3 is 0 Å². The number of aryl methyl sites for hydroxylation is 1. The second-order valence-electron chi connectivity index (χ2n) is 7.24. The molecule has 0 aliphatic heterocycles. The quantitative estimate of drug-likeness (QED) is 0.176. The summed E-state index contributed by atoms with van der Waals surface area (Å²) in [5, 5.41) is 24.2. The van der Waals surface area contributed by atoms with E-state index < -0.39 is 4.92 Å². The molecule has 0 aliphatic rings. The number of hydrazone groups is 1. The number of aromatic nitrogens is 3. The first-order valence-electron chi connectivity index (χ1n) is 10.3. The van der Waals surface area contributed by atoms with Crippen molar-refractivity contribution >= 4 is 29.6 Å². The van der Waals surface area contributed by atoms with Crippen molar-refractivity contribution in [1.82, 2.24) is 20.2 Å². The summed E-state index contributed by atoms with van der Waals surface area (Å²) in [6.45, 7) is 2.02. The zero-order valence-corrected chi connectivity index (χ0v) is 19.0. The third-order valence-corrected chi connectivity index (χ3v) is 5.75. The Bertz CT molecular complexity index is 1340. The highest BCUT2D eigenvalue weighted by atomic mass is 32.2. The maximum absolute atomic E-state index is 12.4. The van der Waals surface area contributed by atoms with Gasteiger partial charge in [-0.2, -0.15) is 5.10 Å². The van der Waals surface area contributed by atoms with Gasteiger partial charge in [0.05, 0.1) is 22.5 Å². The lowest BCUT2D eigenvalue weighted by molar-refractivity contribution is -0.385. The van der Waals surface area contributed by atoms with Crippen molar-refractivity contribution in [2.75, 3.05) is 5.75 Å². The number of nitrogens with one attached hydrogen (secondary N) is 1. The van der Waals surface area contributed by atoms with Gasteiger partial charge in [-0.25, -0.2) is 5.43 Å². The molecular weight excluding hydrogens is 452 g/mol. The number of nitro benzene ring substituents is 1. The van der Waals surface area contributed by atoms with Crippen LogP contribution < -0.4 is 5.43 Å². The fourth-order valence-corrected chi connectivity index (χ4v) is 3.91. The Balaban J connectivity index is 1.49. The van der Waals surface area contributed by atoms with Crippen molar-refractivity contribution in [3.63, 3.8) is 0 Å². The van der Waals surface area contributed by atoms with Crippen LogP contribution in [0.4, 0.5) is 5.69 Å². The predicted octanol–water partition coefficient (Wildman–Crippen LogP) is 4.39. The fraction of sp³-hybridized carbons (Fsp3) is 0.0833. The van der Waals surface area contributed by atoms with Crippen LogP contribution in [-0.4, -0.2) is 37.6 Å². The van der Waals surface area contributed by atoms with Crippen LogP contribution >= 0.6 is 11.8 Å². The number of amides is 1. The van der Waals surface area contributed by atoms with Gasteiger partial charge in [0.15, 0.2) is 11.0 Å². The van der Waals surface area contributed by atoms with E-state index in [0.29, 0.717) is 16.5 Å². The minimum absolute atomic E-state index is 0.0348. The van der Waals surface area contributed by atoms with E-state index in [9.17, 15) is 14.9 Å². The molecule has 10 heteroatoms. The molecule has 0 atom stereocenters. The van der Waals surface area contributed by atoms with Crippen molar-refractivity contribution < 1.29 is 9.72 Å². The summed E-state index contributed by atoms with van der Waals surface area (Å²) >= 11 is 1.22. The molecule has 1 heterocycles. The maximum Gasteiger partial charge on any atom is 0.278 e. The van der Waals surface area contributed by atoms with Crippen molar-refractivity contribution in [3.05, 3.63) is 100 Å². The number of para-hydroxylation sites is 2. The summed E-state index contributed by atoms with van der Waals surface area (Å²) < 4.78 is 1.90. The number of nitrogens with zero attached hydrogens (tertiary/aromatic N) is 5. The van der Waals surface area contributed by atoms with Gasteiger partial charge in [-0.15, -0.1) is 10.2 Å². The Morgan fingerprint density at radius 3 is 2.50 bits per heavy atom. The van der Waals surface area contributed by atoms with Crippen molar-refractivity contribution in [2.24, 2.45) is 5.10 Å². The van der Waals surface area contributed by atoms with E-state index in [-0.39, 0.29) is 17.3 Å². The highest BCUT2D eigenvalue weighted by molar-refractivity contribution is 7.99. The molecule has 0 aliphatic carbocycles. The van der Waals surface area contributed by atoms with E-state index in [4.69, 9.17) is 0 Å². The number of benzene rings is 3. The summed E-state index contributed by atoms with van der Waals surface area (Å²) in [6.07, 6.45) is 1.25. The molecule has 3 aromatic carbocycles. The minimum atomic E-state index is -0.499. The number of carbonyl (C=O) groups excluding carboxylic acids is 1. The summed E-state index contributed by atoms with van der Waals surface area (Å²) in [7, 11) is 0. The van der Waals surface area contributed by atoms with Gasteiger partial charge in [-0.05, 0) is 25.1 Å². The molecular formula is C24H20N6O3S. The Morgan fingerprint density at radius 2 is 1.76 bits per heavy atom. The van der Waals surface area contributed by atoms with Gasteiger partial charge in [-0.3, -0.25) is 19.5 Å². The van der Waals surface area contributed by atoms with Gasteiger partial charge in [0.1, 0.15) is 0 Å². The number of nitro groups is 1. The second kappa shape index (κ2) is 10.5. The topological polar surface area (TPSA) is 115 Å². The van der Waals surface area contributed by atoms with Crippen LogP contribution in [0, 0.1) is 17.0 Å². The number of thioether (sulfide) groups is 1. The van der Waals surface area contributed by atoms with Crippen LogP contribution in [0.5, 0.6) is 0 Å². The number of hydrogen-bond acceptors (Lipinski definition) is 7. The van der Waals surface area contributed by atoms with Gasteiger partial charge in [0.2, 0.25) is 0 Å². The van der Waals surface area contributed by atoms with Crippen LogP contribution in [-0.2, 0) is 4.79 Å². The van der Waals surface area contributed by atoms with Crippen molar-refractivity contribution in [2.45, 2.75) is 12.1 Å². The number of hydrogen-bond donors (Lipinski definition) is 1. The van der Waals surface area contributed by atoms with Gasteiger partial charge >= 0.3 is 0 Å². The smallest absolute Gasteiger partial charge is 0.272 e. The maximum atomic E-state index is 12.4. The first-order valence-corrected chi connectivity index (χ1v) is 11.3. The zero-order chi connectivity index (χ0) is 23.9. The van der Waals surface area contributed by atoms with Gasteiger partial charge in [-0.1, -0.05) is 71.9 Å². The largest absolute Gasteiger partial charge is 0.278 e. The average Bonchev–Trinajstić information content (AvgIpc) is 3.28. The molecule has 0 saturated heterocycles. The fourth-order valence-electron chi connectivity index (χ4n) is 3.16. The molecule has 0 spiro atoms. The lowest BCUT2D eigenvalue weighted by Gasteiger charge is -2.10.